The van der Waals surface area contributed by atoms with E-state index in [0.29, 0.717) is 31.8 Å². The summed E-state index contributed by atoms with van der Waals surface area (Å²) in [6.45, 7) is 5.48. The lowest BCUT2D eigenvalue weighted by molar-refractivity contribution is -0.139. The fraction of sp³-hybridized carbons (Fsp3) is 0.214. The number of methoxy groups -OCH3 is 1. The third kappa shape index (κ3) is 5.58. The lowest BCUT2D eigenvalue weighted by atomic mass is 9.96. The summed E-state index contributed by atoms with van der Waals surface area (Å²) in [7, 11) is 1.63. The number of carboxylic acid groups (broad SMARTS) is 1. The summed E-state index contributed by atoms with van der Waals surface area (Å²) < 4.78 is 12.7. The molecule has 0 aliphatic heterocycles. The number of hydrogen-bond acceptors (Lipinski definition) is 6. The molecule has 0 bridgehead atoms. The second-order valence-corrected chi connectivity index (χ2v) is 10.2. The number of benzene rings is 3. The second kappa shape index (κ2) is 11.4. The molecule has 10 heteroatoms. The van der Waals surface area contributed by atoms with Crippen molar-refractivity contribution >= 4 is 50.6 Å². The van der Waals surface area contributed by atoms with Crippen molar-refractivity contribution in [2.75, 3.05) is 13.7 Å². The molecule has 0 radical (unpaired) electrons. The largest absolute Gasteiger partial charge is 0.496 e. The van der Waals surface area contributed by atoms with E-state index in [1.165, 1.54) is 10.9 Å². The van der Waals surface area contributed by atoms with Crippen LogP contribution in [-0.2, 0) is 4.79 Å². The Morgan fingerprint density at radius 1 is 1.24 bits per heavy atom. The van der Waals surface area contributed by atoms with Gasteiger partial charge in [-0.25, -0.2) is 9.78 Å². The van der Waals surface area contributed by atoms with E-state index in [1.54, 1.807) is 37.4 Å². The molecule has 0 saturated heterocycles. The van der Waals surface area contributed by atoms with Crippen LogP contribution in [-0.4, -0.2) is 40.7 Å². The summed E-state index contributed by atoms with van der Waals surface area (Å²) in [6.07, 6.45) is 1.40. The first-order valence-corrected chi connectivity index (χ1v) is 12.9. The van der Waals surface area contributed by atoms with Gasteiger partial charge in [0.1, 0.15) is 11.5 Å². The summed E-state index contributed by atoms with van der Waals surface area (Å²) in [6, 6.07) is 14.1. The molecule has 1 aromatic heterocycles. The van der Waals surface area contributed by atoms with Crippen LogP contribution in [0.5, 0.6) is 11.5 Å². The van der Waals surface area contributed by atoms with Gasteiger partial charge < -0.3 is 14.6 Å². The van der Waals surface area contributed by atoms with Crippen LogP contribution in [0.2, 0.25) is 5.02 Å². The molecule has 196 valence electrons. The Morgan fingerprint density at radius 3 is 2.66 bits per heavy atom. The fourth-order valence-corrected chi connectivity index (χ4v) is 5.00. The minimum atomic E-state index is -1.14. The van der Waals surface area contributed by atoms with Gasteiger partial charge in [0.15, 0.2) is 12.4 Å². The van der Waals surface area contributed by atoms with Crippen LogP contribution in [0.15, 0.2) is 62.9 Å². The van der Waals surface area contributed by atoms with E-state index < -0.39 is 12.6 Å². The number of para-hydroxylation sites is 1. The van der Waals surface area contributed by atoms with Crippen LogP contribution in [0.3, 0.4) is 0 Å². The maximum absolute atomic E-state index is 13.7. The molecule has 0 aliphatic carbocycles. The van der Waals surface area contributed by atoms with Gasteiger partial charge in [0.2, 0.25) is 0 Å². The smallest absolute Gasteiger partial charge is 0.341 e. The molecular formula is C28H25BrClN3O5. The van der Waals surface area contributed by atoms with Crippen LogP contribution in [0.1, 0.15) is 36.5 Å². The zero-order valence-corrected chi connectivity index (χ0v) is 23.5. The number of aliphatic carboxylic acids is 1. The summed E-state index contributed by atoms with van der Waals surface area (Å²) in [5.41, 5.74) is 3.10. The number of carbonyl (C=O) groups is 1. The first-order chi connectivity index (χ1) is 18.1. The average molecular weight is 599 g/mol. The van der Waals surface area contributed by atoms with Crippen molar-refractivity contribution in [1.82, 2.24) is 9.66 Å². The number of aromatic nitrogens is 2. The number of halogens is 2. The molecule has 0 amide bonds. The molecule has 0 atom stereocenters. The van der Waals surface area contributed by atoms with Gasteiger partial charge >= 0.3 is 5.97 Å². The normalized spacial score (nSPS) is 11.4. The highest BCUT2D eigenvalue weighted by Gasteiger charge is 2.19. The number of hydrogen-bond donors (Lipinski definition) is 1. The van der Waals surface area contributed by atoms with Crippen molar-refractivity contribution in [2.45, 2.75) is 26.7 Å². The Bertz CT molecular complexity index is 1630. The molecule has 0 fully saturated rings. The highest BCUT2D eigenvalue weighted by molar-refractivity contribution is 9.10. The highest BCUT2D eigenvalue weighted by atomic mass is 79.9. The van der Waals surface area contributed by atoms with E-state index in [0.717, 1.165) is 22.4 Å². The minimum absolute atomic E-state index is 0.159. The monoisotopic (exact) mass is 597 g/mol. The van der Waals surface area contributed by atoms with Crippen LogP contribution < -0.4 is 15.0 Å². The van der Waals surface area contributed by atoms with Crippen molar-refractivity contribution in [3.05, 3.63) is 85.1 Å². The molecule has 0 unspecified atom stereocenters. The van der Waals surface area contributed by atoms with E-state index in [1.807, 2.05) is 25.1 Å². The molecule has 8 nitrogen and oxygen atoms in total. The molecule has 3 aromatic carbocycles. The topological polar surface area (TPSA) is 103 Å². The SMILES string of the molecule is COc1cc(C)c(-c2nc3ccccc3c(=O)n2N=Cc2cc(Cl)cc(Br)c2OCC(=O)O)cc1C(C)C. The number of nitrogens with zero attached hydrogens (tertiary/aromatic N) is 3. The Kier molecular flexibility index (Phi) is 8.18. The van der Waals surface area contributed by atoms with Gasteiger partial charge in [-0.2, -0.15) is 9.78 Å². The van der Waals surface area contributed by atoms with Gasteiger partial charge in [-0.15, -0.1) is 0 Å². The van der Waals surface area contributed by atoms with Crippen molar-refractivity contribution < 1.29 is 19.4 Å². The predicted octanol–water partition coefficient (Wildman–Crippen LogP) is 6.27. The van der Waals surface area contributed by atoms with E-state index in [4.69, 9.17) is 31.2 Å². The van der Waals surface area contributed by atoms with Crippen molar-refractivity contribution in [3.8, 4) is 22.9 Å². The molecule has 0 saturated carbocycles. The first-order valence-electron chi connectivity index (χ1n) is 11.7. The molecule has 38 heavy (non-hydrogen) atoms. The molecular weight excluding hydrogens is 574 g/mol. The molecule has 0 spiro atoms. The lowest BCUT2D eigenvalue weighted by Crippen LogP contribution is -2.21. The van der Waals surface area contributed by atoms with Crippen molar-refractivity contribution in [3.63, 3.8) is 0 Å². The Hall–Kier alpha value is -3.69. The number of rotatable bonds is 8. The zero-order chi connectivity index (χ0) is 27.6. The first kappa shape index (κ1) is 27.3. The molecule has 4 rings (SSSR count). The van der Waals surface area contributed by atoms with Crippen LogP contribution in [0, 0.1) is 6.92 Å². The number of aryl methyl sites for hydroxylation is 1. The Balaban J connectivity index is 1.97. The number of fused-ring (bicyclic) bond motifs is 1. The molecule has 0 aliphatic rings. The van der Waals surface area contributed by atoms with E-state index in [2.05, 4.69) is 34.9 Å². The van der Waals surface area contributed by atoms with Crippen LogP contribution >= 0.6 is 27.5 Å². The van der Waals surface area contributed by atoms with E-state index in [9.17, 15) is 9.59 Å². The summed E-state index contributed by atoms with van der Waals surface area (Å²) in [5, 5.41) is 14.4. The van der Waals surface area contributed by atoms with Crippen molar-refractivity contribution in [2.24, 2.45) is 5.10 Å². The van der Waals surface area contributed by atoms with E-state index >= 15 is 0 Å². The summed E-state index contributed by atoms with van der Waals surface area (Å²) in [5.74, 6) is 0.352. The molecule has 1 N–H and O–H groups in total. The predicted molar refractivity (Wildman–Crippen MR) is 152 cm³/mol. The van der Waals surface area contributed by atoms with Crippen LogP contribution in [0.4, 0.5) is 0 Å². The maximum atomic E-state index is 13.7. The highest BCUT2D eigenvalue weighted by Crippen LogP contribution is 2.35. The summed E-state index contributed by atoms with van der Waals surface area (Å²) in [4.78, 5) is 29.6. The molecule has 4 aromatic rings. The van der Waals surface area contributed by atoms with E-state index in [-0.39, 0.29) is 17.2 Å². The van der Waals surface area contributed by atoms with Gasteiger partial charge in [0.25, 0.3) is 5.56 Å². The lowest BCUT2D eigenvalue weighted by Gasteiger charge is -2.17. The van der Waals surface area contributed by atoms with Crippen molar-refractivity contribution in [1.29, 1.82) is 0 Å². The van der Waals surface area contributed by atoms with Crippen LogP contribution in [0.25, 0.3) is 22.3 Å². The van der Waals surface area contributed by atoms with Gasteiger partial charge in [-0.05, 0) is 76.3 Å². The minimum Gasteiger partial charge on any atom is -0.496 e. The van der Waals surface area contributed by atoms with Gasteiger partial charge in [0, 0.05) is 16.1 Å². The third-order valence-electron chi connectivity index (χ3n) is 5.88. The second-order valence-electron chi connectivity index (χ2n) is 8.87. The number of carboxylic acids is 1. The number of ether oxygens (including phenoxy) is 2. The maximum Gasteiger partial charge on any atom is 0.341 e. The third-order valence-corrected chi connectivity index (χ3v) is 6.69. The molecule has 1 heterocycles. The Morgan fingerprint density at radius 2 is 1.97 bits per heavy atom. The Labute approximate surface area is 232 Å². The zero-order valence-electron chi connectivity index (χ0n) is 21.2. The quantitative estimate of drug-likeness (QED) is 0.240. The summed E-state index contributed by atoms with van der Waals surface area (Å²) >= 11 is 9.60. The van der Waals surface area contributed by atoms with Gasteiger partial charge in [-0.3, -0.25) is 4.79 Å². The standard InChI is InChI=1S/C28H25BrClN3O5/c1-15(2)20-12-21(16(3)9-24(20)37-4)27-32-23-8-6-5-7-19(23)28(36)33(27)31-13-17-10-18(30)11-22(29)26(17)38-14-25(34)35/h5-13,15H,14H2,1-4H3,(H,34,35). The van der Waals surface area contributed by atoms with Gasteiger partial charge in [0.05, 0.1) is 28.7 Å². The average Bonchev–Trinajstić information content (AvgIpc) is 2.86. The fourth-order valence-electron chi connectivity index (χ4n) is 4.05. The van der Waals surface area contributed by atoms with Gasteiger partial charge in [-0.1, -0.05) is 37.6 Å².